The highest BCUT2D eigenvalue weighted by atomic mass is 16.5. The fraction of sp³-hybridized carbons (Fsp3) is 0.429. The highest BCUT2D eigenvalue weighted by Crippen LogP contribution is 2.37. The van der Waals surface area contributed by atoms with E-state index in [0.717, 1.165) is 23.6 Å². The second-order valence-corrected chi connectivity index (χ2v) is 7.05. The number of hydrogen-bond acceptors (Lipinski definition) is 3. The maximum atomic E-state index is 13.3. The topological polar surface area (TPSA) is 58.0 Å². The third-order valence-electron chi connectivity index (χ3n) is 5.15. The molecule has 7 nitrogen and oxygen atoms in total. The van der Waals surface area contributed by atoms with Crippen molar-refractivity contribution in [2.75, 3.05) is 40.8 Å². The molecule has 0 unspecified atom stereocenters. The Morgan fingerprint density at radius 1 is 1.14 bits per heavy atom. The van der Waals surface area contributed by atoms with Gasteiger partial charge < -0.3 is 24.0 Å². The van der Waals surface area contributed by atoms with Gasteiger partial charge in [-0.05, 0) is 25.1 Å². The van der Waals surface area contributed by atoms with Gasteiger partial charge in [-0.1, -0.05) is 18.2 Å². The number of aromatic nitrogens is 1. The van der Waals surface area contributed by atoms with Crippen molar-refractivity contribution in [3.8, 4) is 5.75 Å². The number of nitrogens with zero attached hydrogens (tertiary/aromatic N) is 4. The van der Waals surface area contributed by atoms with Crippen molar-refractivity contribution >= 4 is 11.9 Å². The van der Waals surface area contributed by atoms with E-state index in [2.05, 4.69) is 4.57 Å². The summed E-state index contributed by atoms with van der Waals surface area (Å²) in [6, 6.07) is 11.4. The first-order valence-corrected chi connectivity index (χ1v) is 9.51. The lowest BCUT2D eigenvalue weighted by atomic mass is 9.98. The van der Waals surface area contributed by atoms with Gasteiger partial charge in [-0.3, -0.25) is 4.79 Å². The van der Waals surface area contributed by atoms with Crippen molar-refractivity contribution in [1.29, 1.82) is 0 Å². The molecule has 0 N–H and O–H groups in total. The molecule has 2 heterocycles. The Labute approximate surface area is 166 Å². The van der Waals surface area contributed by atoms with Crippen LogP contribution >= 0.6 is 0 Å². The van der Waals surface area contributed by atoms with Crippen LogP contribution in [-0.2, 0) is 11.3 Å². The van der Waals surface area contributed by atoms with Crippen molar-refractivity contribution in [1.82, 2.24) is 19.3 Å². The van der Waals surface area contributed by atoms with E-state index in [9.17, 15) is 9.59 Å². The van der Waals surface area contributed by atoms with Gasteiger partial charge in [0.05, 0.1) is 7.11 Å². The number of carbonyl (C=O) groups excluding carboxylic acids is 2. The van der Waals surface area contributed by atoms with E-state index >= 15 is 0 Å². The van der Waals surface area contributed by atoms with Gasteiger partial charge >= 0.3 is 6.03 Å². The fourth-order valence-electron chi connectivity index (χ4n) is 3.72. The molecule has 0 bridgehead atoms. The lowest BCUT2D eigenvalue weighted by Crippen LogP contribution is -2.49. The van der Waals surface area contributed by atoms with Crippen molar-refractivity contribution in [2.45, 2.75) is 19.5 Å². The molecule has 0 spiro atoms. The van der Waals surface area contributed by atoms with E-state index in [1.807, 2.05) is 54.4 Å². The van der Waals surface area contributed by atoms with E-state index < -0.39 is 0 Å². The Hall–Kier alpha value is -2.96. The van der Waals surface area contributed by atoms with Gasteiger partial charge in [0.25, 0.3) is 0 Å². The number of rotatable bonds is 5. The molecule has 0 saturated heterocycles. The molecule has 1 aliphatic heterocycles. The predicted octanol–water partition coefficient (Wildman–Crippen LogP) is 2.43. The fourth-order valence-corrected chi connectivity index (χ4v) is 3.72. The molecule has 150 valence electrons. The number of carbonyl (C=O) groups is 2. The summed E-state index contributed by atoms with van der Waals surface area (Å²) in [6.07, 6.45) is 2.04. The Morgan fingerprint density at radius 3 is 2.57 bits per heavy atom. The minimum Gasteiger partial charge on any atom is -0.496 e. The third-order valence-corrected chi connectivity index (χ3v) is 5.15. The quantitative estimate of drug-likeness (QED) is 0.796. The van der Waals surface area contributed by atoms with E-state index in [1.54, 1.807) is 26.1 Å². The number of benzene rings is 1. The molecule has 1 aromatic heterocycles. The summed E-state index contributed by atoms with van der Waals surface area (Å²) >= 11 is 0. The molecule has 28 heavy (non-hydrogen) atoms. The van der Waals surface area contributed by atoms with Crippen LogP contribution in [-0.4, -0.2) is 72.0 Å². The van der Waals surface area contributed by atoms with Crippen LogP contribution in [0.15, 0.2) is 42.6 Å². The Kier molecular flexibility index (Phi) is 5.92. The van der Waals surface area contributed by atoms with Gasteiger partial charge in [-0.15, -0.1) is 0 Å². The number of fused-ring (bicyclic) bond motifs is 1. The van der Waals surface area contributed by atoms with Crippen LogP contribution in [0.2, 0.25) is 0 Å². The predicted molar refractivity (Wildman–Crippen MR) is 107 cm³/mol. The normalized spacial score (nSPS) is 15.7. The van der Waals surface area contributed by atoms with Gasteiger partial charge in [0.2, 0.25) is 5.91 Å². The van der Waals surface area contributed by atoms with Crippen LogP contribution in [0.1, 0.15) is 24.2 Å². The first-order chi connectivity index (χ1) is 13.5. The standard InChI is InChI=1S/C21H28N4O3/c1-5-23(21(27)22(2)3)15-19(26)25-14-13-24-12-8-10-17(24)20(25)16-9-6-7-11-18(16)28-4/h6-12,20H,5,13-15H2,1-4H3/t20-/m0/s1. The summed E-state index contributed by atoms with van der Waals surface area (Å²) in [5, 5.41) is 0. The number of amides is 3. The highest BCUT2D eigenvalue weighted by Gasteiger charge is 2.34. The second-order valence-electron chi connectivity index (χ2n) is 7.05. The Morgan fingerprint density at radius 2 is 1.89 bits per heavy atom. The van der Waals surface area contributed by atoms with Crippen LogP contribution in [0.25, 0.3) is 0 Å². The number of methoxy groups -OCH3 is 1. The van der Waals surface area contributed by atoms with Gasteiger partial charge in [-0.25, -0.2) is 4.79 Å². The average molecular weight is 384 g/mol. The molecule has 0 fully saturated rings. The zero-order chi connectivity index (χ0) is 20.3. The Balaban J connectivity index is 1.95. The smallest absolute Gasteiger partial charge is 0.319 e. The van der Waals surface area contributed by atoms with E-state index in [-0.39, 0.29) is 24.5 Å². The number of urea groups is 1. The van der Waals surface area contributed by atoms with Crippen LogP contribution in [0.3, 0.4) is 0 Å². The molecule has 1 aliphatic rings. The van der Waals surface area contributed by atoms with Gasteiger partial charge in [0.15, 0.2) is 0 Å². The van der Waals surface area contributed by atoms with Crippen LogP contribution in [0, 0.1) is 0 Å². The minimum absolute atomic E-state index is 0.0554. The lowest BCUT2D eigenvalue weighted by molar-refractivity contribution is -0.134. The minimum atomic E-state index is -0.249. The van der Waals surface area contributed by atoms with Crippen molar-refractivity contribution < 1.29 is 14.3 Å². The SMILES string of the molecule is CCN(CC(=O)N1CCn2cccc2[C@@H]1c1ccccc1OC)C(=O)N(C)C. The molecular weight excluding hydrogens is 356 g/mol. The lowest BCUT2D eigenvalue weighted by Gasteiger charge is -2.39. The molecule has 1 atom stereocenters. The molecule has 3 amide bonds. The molecular formula is C21H28N4O3. The van der Waals surface area contributed by atoms with Crippen LogP contribution in [0.4, 0.5) is 4.79 Å². The monoisotopic (exact) mass is 384 g/mol. The zero-order valence-corrected chi connectivity index (χ0v) is 17.0. The summed E-state index contributed by atoms with van der Waals surface area (Å²) in [4.78, 5) is 30.6. The van der Waals surface area contributed by atoms with E-state index in [0.29, 0.717) is 13.1 Å². The first kappa shape index (κ1) is 19.8. The van der Waals surface area contributed by atoms with E-state index in [4.69, 9.17) is 4.74 Å². The van der Waals surface area contributed by atoms with Crippen molar-refractivity contribution in [3.05, 3.63) is 53.9 Å². The molecule has 1 aromatic carbocycles. The molecule has 7 heteroatoms. The average Bonchev–Trinajstić information content (AvgIpc) is 3.19. The summed E-state index contributed by atoms with van der Waals surface area (Å²) < 4.78 is 7.74. The summed E-state index contributed by atoms with van der Waals surface area (Å²) in [5.41, 5.74) is 1.99. The number of likely N-dealkylation sites (N-methyl/N-ethyl adjacent to an activating group) is 1. The number of para-hydroxylation sites is 1. The van der Waals surface area contributed by atoms with Crippen molar-refractivity contribution in [2.24, 2.45) is 0 Å². The summed E-state index contributed by atoms with van der Waals surface area (Å²) in [6.45, 7) is 3.73. The molecule has 2 aromatic rings. The van der Waals surface area contributed by atoms with Gasteiger partial charge in [0, 0.05) is 51.2 Å². The van der Waals surface area contributed by atoms with Crippen LogP contribution < -0.4 is 4.74 Å². The Bertz CT molecular complexity index is 846. The van der Waals surface area contributed by atoms with Gasteiger partial charge in [0.1, 0.15) is 18.3 Å². The van der Waals surface area contributed by atoms with Crippen LogP contribution in [0.5, 0.6) is 5.75 Å². The summed E-state index contributed by atoms with van der Waals surface area (Å²) in [7, 11) is 5.03. The highest BCUT2D eigenvalue weighted by molar-refractivity contribution is 5.84. The molecule has 3 rings (SSSR count). The van der Waals surface area contributed by atoms with E-state index in [1.165, 1.54) is 4.90 Å². The number of ether oxygens (including phenoxy) is 1. The largest absolute Gasteiger partial charge is 0.496 e. The maximum Gasteiger partial charge on any atom is 0.319 e. The zero-order valence-electron chi connectivity index (χ0n) is 17.0. The third kappa shape index (κ3) is 3.69. The van der Waals surface area contributed by atoms with Gasteiger partial charge in [-0.2, -0.15) is 0 Å². The number of hydrogen-bond donors (Lipinski definition) is 0. The molecule has 0 radical (unpaired) electrons. The maximum absolute atomic E-state index is 13.3. The first-order valence-electron chi connectivity index (χ1n) is 9.51. The molecule has 0 saturated carbocycles. The van der Waals surface area contributed by atoms with Crippen molar-refractivity contribution in [3.63, 3.8) is 0 Å². The summed E-state index contributed by atoms with van der Waals surface area (Å²) in [5.74, 6) is 0.678. The second kappa shape index (κ2) is 8.37. The molecule has 0 aliphatic carbocycles.